The molecule has 0 aromatic heterocycles. The Bertz CT molecular complexity index is 583. The molecule has 0 amide bonds. The number of hydrogen-bond acceptors (Lipinski definition) is 2. The fraction of sp³-hybridized carbons (Fsp3) is 0.333. The molecule has 0 aliphatic rings. The highest BCUT2D eigenvalue weighted by Crippen LogP contribution is 2.26. The number of halogens is 1. The van der Waals surface area contributed by atoms with Crippen LogP contribution < -0.4 is 5.73 Å². The zero-order valence-corrected chi connectivity index (χ0v) is 13.4. The van der Waals surface area contributed by atoms with E-state index < -0.39 is 0 Å². The minimum Gasteiger partial charge on any atom is -0.323 e. The third kappa shape index (κ3) is 4.87. The molecule has 0 radical (unpaired) electrons. The van der Waals surface area contributed by atoms with Crippen LogP contribution in [0, 0.1) is 11.7 Å². The Labute approximate surface area is 130 Å². The topological polar surface area (TPSA) is 26.0 Å². The van der Waals surface area contributed by atoms with Gasteiger partial charge in [0.2, 0.25) is 0 Å². The molecule has 21 heavy (non-hydrogen) atoms. The van der Waals surface area contributed by atoms with E-state index in [1.54, 1.807) is 12.1 Å². The molecule has 0 aliphatic carbocycles. The first-order valence-corrected chi connectivity index (χ1v) is 8.26. The molecule has 0 saturated heterocycles. The monoisotopic (exact) mass is 303 g/mol. The largest absolute Gasteiger partial charge is 0.323 e. The lowest BCUT2D eigenvalue weighted by atomic mass is 9.99. The van der Waals surface area contributed by atoms with Gasteiger partial charge < -0.3 is 5.73 Å². The summed E-state index contributed by atoms with van der Waals surface area (Å²) in [4.78, 5) is 0.659. The van der Waals surface area contributed by atoms with Crippen LogP contribution in [0.15, 0.2) is 53.4 Å². The van der Waals surface area contributed by atoms with Crippen molar-refractivity contribution in [3.63, 3.8) is 0 Å². The van der Waals surface area contributed by atoms with E-state index in [0.29, 0.717) is 16.6 Å². The van der Waals surface area contributed by atoms with Gasteiger partial charge in [0.15, 0.2) is 0 Å². The molecule has 3 heteroatoms. The maximum atomic E-state index is 13.6. The molecule has 112 valence electrons. The van der Waals surface area contributed by atoms with E-state index in [0.717, 1.165) is 12.0 Å². The Kier molecular flexibility index (Phi) is 5.83. The van der Waals surface area contributed by atoms with Crippen molar-refractivity contribution in [1.82, 2.24) is 0 Å². The number of nitrogens with two attached hydrogens (primary N) is 1. The molecule has 0 saturated carbocycles. The van der Waals surface area contributed by atoms with Gasteiger partial charge in [-0.05, 0) is 35.6 Å². The van der Waals surface area contributed by atoms with Crippen molar-refractivity contribution in [2.75, 3.05) is 5.75 Å². The summed E-state index contributed by atoms with van der Waals surface area (Å²) in [7, 11) is 0. The molecule has 2 rings (SSSR count). The van der Waals surface area contributed by atoms with Crippen LogP contribution in [-0.2, 0) is 6.42 Å². The van der Waals surface area contributed by atoms with Gasteiger partial charge >= 0.3 is 0 Å². The van der Waals surface area contributed by atoms with Gasteiger partial charge in [0.05, 0.1) is 0 Å². The second-order valence-electron chi connectivity index (χ2n) is 5.69. The van der Waals surface area contributed by atoms with Crippen molar-refractivity contribution in [3.8, 4) is 0 Å². The highest BCUT2D eigenvalue weighted by atomic mass is 32.2. The van der Waals surface area contributed by atoms with Crippen LogP contribution in [-0.4, -0.2) is 5.75 Å². The van der Waals surface area contributed by atoms with Gasteiger partial charge in [-0.2, -0.15) is 0 Å². The van der Waals surface area contributed by atoms with Crippen molar-refractivity contribution in [2.45, 2.75) is 31.2 Å². The van der Waals surface area contributed by atoms with Gasteiger partial charge in [-0.3, -0.25) is 0 Å². The molecular formula is C18H22FNS. The average molecular weight is 303 g/mol. The standard InChI is InChI=1S/C18H22FNS/c1-13(2)10-14-6-5-7-15(11-14)17(20)12-21-18-9-4-3-8-16(18)19/h3-9,11,13,17H,10,12,20H2,1-2H3. The summed E-state index contributed by atoms with van der Waals surface area (Å²) in [5.41, 5.74) is 8.69. The van der Waals surface area contributed by atoms with Gasteiger partial charge in [-0.1, -0.05) is 50.2 Å². The molecule has 0 aliphatic heterocycles. The van der Waals surface area contributed by atoms with Crippen molar-refractivity contribution < 1.29 is 4.39 Å². The summed E-state index contributed by atoms with van der Waals surface area (Å²) in [5.74, 6) is 1.12. The predicted molar refractivity (Wildman–Crippen MR) is 89.0 cm³/mol. The molecular weight excluding hydrogens is 281 g/mol. The van der Waals surface area contributed by atoms with Crippen LogP contribution in [0.5, 0.6) is 0 Å². The maximum absolute atomic E-state index is 13.6. The fourth-order valence-electron chi connectivity index (χ4n) is 2.26. The fourth-order valence-corrected chi connectivity index (χ4v) is 3.19. The van der Waals surface area contributed by atoms with Crippen LogP contribution >= 0.6 is 11.8 Å². The Morgan fingerprint density at radius 3 is 2.57 bits per heavy atom. The van der Waals surface area contributed by atoms with Gasteiger partial charge in [-0.25, -0.2) is 4.39 Å². The van der Waals surface area contributed by atoms with E-state index in [-0.39, 0.29) is 11.9 Å². The summed E-state index contributed by atoms with van der Waals surface area (Å²) in [6.45, 7) is 4.42. The predicted octanol–water partition coefficient (Wildman–Crippen LogP) is 4.82. The lowest BCUT2D eigenvalue weighted by molar-refractivity contribution is 0.601. The molecule has 0 heterocycles. The number of thioether (sulfide) groups is 1. The Morgan fingerprint density at radius 1 is 1.10 bits per heavy atom. The van der Waals surface area contributed by atoms with E-state index in [1.165, 1.54) is 23.4 Å². The average Bonchev–Trinajstić information content (AvgIpc) is 2.45. The highest BCUT2D eigenvalue weighted by Gasteiger charge is 2.10. The third-order valence-electron chi connectivity index (χ3n) is 3.28. The Balaban J connectivity index is 2.00. The SMILES string of the molecule is CC(C)Cc1cccc(C(N)CSc2ccccc2F)c1. The van der Waals surface area contributed by atoms with Crippen molar-refractivity contribution in [2.24, 2.45) is 11.7 Å². The van der Waals surface area contributed by atoms with E-state index in [9.17, 15) is 4.39 Å². The first-order valence-electron chi connectivity index (χ1n) is 7.28. The lowest BCUT2D eigenvalue weighted by Gasteiger charge is -2.14. The van der Waals surface area contributed by atoms with Gasteiger partial charge in [0, 0.05) is 16.7 Å². The molecule has 1 atom stereocenters. The van der Waals surface area contributed by atoms with Crippen LogP contribution in [0.1, 0.15) is 31.0 Å². The third-order valence-corrected chi connectivity index (χ3v) is 4.45. The Hall–Kier alpha value is -1.32. The summed E-state index contributed by atoms with van der Waals surface area (Å²) in [6, 6.07) is 15.2. The molecule has 0 bridgehead atoms. The molecule has 0 fully saturated rings. The Morgan fingerprint density at radius 2 is 1.86 bits per heavy atom. The van der Waals surface area contributed by atoms with Crippen LogP contribution in [0.25, 0.3) is 0 Å². The molecule has 2 aromatic carbocycles. The van der Waals surface area contributed by atoms with Crippen LogP contribution in [0.3, 0.4) is 0 Å². The van der Waals surface area contributed by atoms with E-state index >= 15 is 0 Å². The zero-order valence-electron chi connectivity index (χ0n) is 12.6. The van der Waals surface area contributed by atoms with Crippen molar-refractivity contribution in [1.29, 1.82) is 0 Å². The van der Waals surface area contributed by atoms with Crippen molar-refractivity contribution in [3.05, 3.63) is 65.5 Å². The van der Waals surface area contributed by atoms with Gasteiger partial charge in [-0.15, -0.1) is 11.8 Å². The summed E-state index contributed by atoms with van der Waals surface area (Å²) in [6.07, 6.45) is 1.06. The quantitative estimate of drug-likeness (QED) is 0.775. The number of rotatable bonds is 6. The lowest BCUT2D eigenvalue weighted by Crippen LogP contribution is -2.13. The summed E-state index contributed by atoms with van der Waals surface area (Å²) >= 11 is 1.47. The number of benzene rings is 2. The number of hydrogen-bond donors (Lipinski definition) is 1. The second-order valence-corrected chi connectivity index (χ2v) is 6.75. The van der Waals surface area contributed by atoms with E-state index in [4.69, 9.17) is 5.73 Å². The highest BCUT2D eigenvalue weighted by molar-refractivity contribution is 7.99. The molecule has 1 nitrogen and oxygen atoms in total. The van der Waals surface area contributed by atoms with Crippen LogP contribution in [0.2, 0.25) is 0 Å². The molecule has 2 N–H and O–H groups in total. The zero-order chi connectivity index (χ0) is 15.2. The summed E-state index contributed by atoms with van der Waals surface area (Å²) < 4.78 is 13.6. The summed E-state index contributed by atoms with van der Waals surface area (Å²) in [5, 5.41) is 0. The first-order chi connectivity index (χ1) is 10.1. The molecule has 1 unspecified atom stereocenters. The van der Waals surface area contributed by atoms with E-state index in [1.807, 2.05) is 6.07 Å². The minimum absolute atomic E-state index is 0.0817. The maximum Gasteiger partial charge on any atom is 0.136 e. The van der Waals surface area contributed by atoms with Gasteiger partial charge in [0.25, 0.3) is 0 Å². The minimum atomic E-state index is -0.178. The smallest absolute Gasteiger partial charge is 0.136 e. The van der Waals surface area contributed by atoms with E-state index in [2.05, 4.69) is 38.1 Å². The molecule has 0 spiro atoms. The molecule has 2 aromatic rings. The van der Waals surface area contributed by atoms with Crippen molar-refractivity contribution >= 4 is 11.8 Å². The van der Waals surface area contributed by atoms with Gasteiger partial charge in [0.1, 0.15) is 5.82 Å². The normalized spacial score (nSPS) is 12.6. The second kappa shape index (κ2) is 7.62. The van der Waals surface area contributed by atoms with Crippen LogP contribution in [0.4, 0.5) is 4.39 Å². The first kappa shape index (κ1) is 16.1.